The van der Waals surface area contributed by atoms with Crippen LogP contribution in [-0.4, -0.2) is 16.9 Å². The first kappa shape index (κ1) is 13.0. The molecule has 3 nitrogen and oxygen atoms in total. The summed E-state index contributed by atoms with van der Waals surface area (Å²) in [4.78, 5) is 12.6. The summed E-state index contributed by atoms with van der Waals surface area (Å²) in [5.74, 6) is 0.109. The summed E-state index contributed by atoms with van der Waals surface area (Å²) >= 11 is 5.05. The second-order valence-electron chi connectivity index (χ2n) is 4.89. The van der Waals surface area contributed by atoms with Crippen molar-refractivity contribution in [1.82, 2.24) is 5.32 Å². The first-order valence-corrected chi connectivity index (χ1v) is 6.65. The van der Waals surface area contributed by atoms with Gasteiger partial charge in [-0.05, 0) is 31.9 Å². The monoisotopic (exact) mass is 262 g/mol. The molecule has 0 saturated heterocycles. The molecule has 2 atom stereocenters. The predicted molar refractivity (Wildman–Crippen MR) is 76.6 cm³/mol. The van der Waals surface area contributed by atoms with Crippen LogP contribution in [-0.2, 0) is 0 Å². The van der Waals surface area contributed by atoms with Crippen LogP contribution in [0.3, 0.4) is 0 Å². The van der Waals surface area contributed by atoms with Gasteiger partial charge in [-0.1, -0.05) is 36.3 Å². The highest BCUT2D eigenvalue weighted by Crippen LogP contribution is 2.26. The van der Waals surface area contributed by atoms with Gasteiger partial charge in [0.1, 0.15) is 0 Å². The van der Waals surface area contributed by atoms with Gasteiger partial charge >= 0.3 is 0 Å². The maximum atomic E-state index is 12.1. The average Bonchev–Trinajstić information content (AvgIpc) is 2.78. The van der Waals surface area contributed by atoms with E-state index in [1.54, 1.807) is 0 Å². The molecule has 2 unspecified atom stereocenters. The Bertz CT molecular complexity index is 455. The van der Waals surface area contributed by atoms with Crippen LogP contribution in [0.1, 0.15) is 35.2 Å². The minimum Gasteiger partial charge on any atom is -0.393 e. The Morgan fingerprint density at radius 3 is 2.61 bits per heavy atom. The summed E-state index contributed by atoms with van der Waals surface area (Å²) in [6.45, 7) is 2.00. The summed E-state index contributed by atoms with van der Waals surface area (Å²) < 4.78 is 0. The van der Waals surface area contributed by atoms with Gasteiger partial charge in [-0.15, -0.1) is 0 Å². The molecule has 96 valence electrons. The van der Waals surface area contributed by atoms with Crippen LogP contribution >= 0.6 is 12.2 Å². The molecule has 1 aliphatic carbocycles. The van der Waals surface area contributed by atoms with Crippen LogP contribution in [0.25, 0.3) is 0 Å². The molecular formula is C14H18N2OS. The maximum absolute atomic E-state index is 12.1. The molecule has 4 heteroatoms. The number of carbonyl (C=O) groups excluding carboxylic acids is 1. The third-order valence-electron chi connectivity index (χ3n) is 3.51. The van der Waals surface area contributed by atoms with Gasteiger partial charge in [-0.2, -0.15) is 0 Å². The van der Waals surface area contributed by atoms with Crippen molar-refractivity contribution in [2.45, 2.75) is 32.2 Å². The fourth-order valence-corrected chi connectivity index (χ4v) is 2.71. The van der Waals surface area contributed by atoms with Gasteiger partial charge in [0.05, 0.1) is 4.99 Å². The van der Waals surface area contributed by atoms with Crippen molar-refractivity contribution in [3.8, 4) is 0 Å². The summed E-state index contributed by atoms with van der Waals surface area (Å²) in [6, 6.07) is 7.66. The van der Waals surface area contributed by atoms with E-state index < -0.39 is 0 Å². The normalized spacial score (nSPS) is 22.7. The second-order valence-corrected chi connectivity index (χ2v) is 5.36. The topological polar surface area (TPSA) is 55.1 Å². The number of nitrogens with two attached hydrogens (primary N) is 1. The minimum atomic E-state index is -0.0387. The fourth-order valence-electron chi connectivity index (χ4n) is 2.43. The summed E-state index contributed by atoms with van der Waals surface area (Å²) in [6.07, 6.45) is 3.01. The molecule has 0 aliphatic heterocycles. The molecule has 0 radical (unpaired) electrons. The van der Waals surface area contributed by atoms with Gasteiger partial charge < -0.3 is 11.1 Å². The van der Waals surface area contributed by atoms with Crippen molar-refractivity contribution in [3.05, 3.63) is 35.4 Å². The van der Waals surface area contributed by atoms with Gasteiger partial charge in [-0.25, -0.2) is 0 Å². The lowest BCUT2D eigenvalue weighted by molar-refractivity contribution is 0.0934. The lowest BCUT2D eigenvalue weighted by atomic mass is 10.0. The quantitative estimate of drug-likeness (QED) is 0.821. The summed E-state index contributed by atoms with van der Waals surface area (Å²) in [7, 11) is 0. The standard InChI is InChI=1S/C14H18N2OS/c1-9-5-7-10(8-6-9)14(17)16-12-4-2-3-11(12)13(15)18/h5-8,11-12H,2-4H2,1H3,(H2,15,18)(H,16,17). The molecule has 0 spiro atoms. The van der Waals surface area contributed by atoms with Gasteiger partial charge in [0.25, 0.3) is 5.91 Å². The van der Waals surface area contributed by atoms with E-state index in [4.69, 9.17) is 18.0 Å². The molecule has 18 heavy (non-hydrogen) atoms. The third kappa shape index (κ3) is 2.88. The van der Waals surface area contributed by atoms with E-state index in [1.807, 2.05) is 31.2 Å². The molecule has 0 bridgehead atoms. The maximum Gasteiger partial charge on any atom is 0.251 e. The fraction of sp³-hybridized carbons (Fsp3) is 0.429. The summed E-state index contributed by atoms with van der Waals surface area (Å²) in [5, 5.41) is 3.04. The van der Waals surface area contributed by atoms with E-state index in [0.29, 0.717) is 10.6 Å². The highest BCUT2D eigenvalue weighted by atomic mass is 32.1. The number of aryl methyl sites for hydroxylation is 1. The van der Waals surface area contributed by atoms with E-state index in [-0.39, 0.29) is 17.9 Å². The second kappa shape index (κ2) is 5.48. The van der Waals surface area contributed by atoms with Crippen LogP contribution in [0.5, 0.6) is 0 Å². The van der Waals surface area contributed by atoms with E-state index in [9.17, 15) is 4.79 Å². The number of rotatable bonds is 3. The molecular weight excluding hydrogens is 244 g/mol. The van der Waals surface area contributed by atoms with Gasteiger partial charge in [0.2, 0.25) is 0 Å². The minimum absolute atomic E-state index is 0.0387. The number of thiocarbonyl (C=S) groups is 1. The SMILES string of the molecule is Cc1ccc(C(=O)NC2CCCC2C(N)=S)cc1. The number of hydrogen-bond acceptors (Lipinski definition) is 2. The molecule has 2 rings (SSSR count). The highest BCUT2D eigenvalue weighted by molar-refractivity contribution is 7.80. The number of hydrogen-bond donors (Lipinski definition) is 2. The first-order chi connectivity index (χ1) is 8.58. The molecule has 1 saturated carbocycles. The van der Waals surface area contributed by atoms with Crippen molar-refractivity contribution in [2.75, 3.05) is 0 Å². The van der Waals surface area contributed by atoms with Crippen molar-refractivity contribution in [3.63, 3.8) is 0 Å². The van der Waals surface area contributed by atoms with Crippen molar-refractivity contribution in [2.24, 2.45) is 11.7 Å². The average molecular weight is 262 g/mol. The molecule has 0 aromatic heterocycles. The molecule has 1 aromatic carbocycles. The van der Waals surface area contributed by atoms with Gasteiger partial charge in [0, 0.05) is 17.5 Å². The van der Waals surface area contributed by atoms with Gasteiger partial charge in [0.15, 0.2) is 0 Å². The highest BCUT2D eigenvalue weighted by Gasteiger charge is 2.30. The molecule has 1 amide bonds. The van der Waals surface area contributed by atoms with Crippen LogP contribution in [0.4, 0.5) is 0 Å². The first-order valence-electron chi connectivity index (χ1n) is 6.25. The molecule has 1 fully saturated rings. The Balaban J connectivity index is 2.03. The van der Waals surface area contributed by atoms with Crippen LogP contribution in [0.15, 0.2) is 24.3 Å². The number of benzene rings is 1. The van der Waals surface area contributed by atoms with E-state index in [0.717, 1.165) is 24.8 Å². The summed E-state index contributed by atoms with van der Waals surface area (Å²) in [5.41, 5.74) is 7.54. The molecule has 3 N–H and O–H groups in total. The molecule has 1 aromatic rings. The van der Waals surface area contributed by atoms with E-state index >= 15 is 0 Å². The smallest absolute Gasteiger partial charge is 0.251 e. The number of amides is 1. The molecule has 1 aliphatic rings. The Morgan fingerprint density at radius 2 is 2.00 bits per heavy atom. The van der Waals surface area contributed by atoms with Crippen LogP contribution < -0.4 is 11.1 Å². The zero-order chi connectivity index (χ0) is 13.1. The Kier molecular flexibility index (Phi) is 3.97. The largest absolute Gasteiger partial charge is 0.393 e. The third-order valence-corrected chi connectivity index (χ3v) is 3.81. The predicted octanol–water partition coefficient (Wildman–Crippen LogP) is 2.18. The lowest BCUT2D eigenvalue weighted by Gasteiger charge is -2.19. The number of nitrogens with one attached hydrogen (secondary N) is 1. The van der Waals surface area contributed by atoms with Crippen molar-refractivity contribution < 1.29 is 4.79 Å². The zero-order valence-electron chi connectivity index (χ0n) is 10.5. The number of carbonyl (C=O) groups is 1. The lowest BCUT2D eigenvalue weighted by Crippen LogP contribution is -2.41. The van der Waals surface area contributed by atoms with Gasteiger partial charge in [-0.3, -0.25) is 4.79 Å². The Labute approximate surface area is 113 Å². The van der Waals surface area contributed by atoms with Crippen molar-refractivity contribution >= 4 is 23.1 Å². The Hall–Kier alpha value is -1.42. The Morgan fingerprint density at radius 1 is 1.33 bits per heavy atom. The van der Waals surface area contributed by atoms with E-state index in [2.05, 4.69) is 5.32 Å². The molecule has 0 heterocycles. The van der Waals surface area contributed by atoms with E-state index in [1.165, 1.54) is 0 Å². The van der Waals surface area contributed by atoms with Crippen LogP contribution in [0.2, 0.25) is 0 Å². The zero-order valence-corrected chi connectivity index (χ0v) is 11.3. The van der Waals surface area contributed by atoms with Crippen LogP contribution in [0, 0.1) is 12.8 Å². The van der Waals surface area contributed by atoms with Crippen molar-refractivity contribution in [1.29, 1.82) is 0 Å².